The summed E-state index contributed by atoms with van der Waals surface area (Å²) in [5, 5.41) is 6.54. The molecule has 0 atom stereocenters. The first kappa shape index (κ1) is 22.7. The second kappa shape index (κ2) is 12.1. The Morgan fingerprint density at radius 1 is 1.14 bits per heavy atom. The molecule has 6 nitrogen and oxygen atoms in total. The van der Waals surface area contributed by atoms with E-state index in [9.17, 15) is 4.39 Å². The maximum Gasteiger partial charge on any atom is 0.224 e. The predicted octanol–water partition coefficient (Wildman–Crippen LogP) is 4.19. The molecule has 0 spiro atoms. The van der Waals surface area contributed by atoms with Gasteiger partial charge in [-0.1, -0.05) is 12.1 Å². The van der Waals surface area contributed by atoms with Crippen LogP contribution in [0.1, 0.15) is 12.5 Å². The highest BCUT2D eigenvalue weighted by molar-refractivity contribution is 14.0. The number of hydrogen-bond donors (Lipinski definition) is 2. The maximum absolute atomic E-state index is 13.4. The molecule has 0 saturated carbocycles. The van der Waals surface area contributed by atoms with Crippen molar-refractivity contribution in [3.8, 4) is 11.6 Å². The summed E-state index contributed by atoms with van der Waals surface area (Å²) in [6.07, 6.45) is 5.69. The van der Waals surface area contributed by atoms with Crippen molar-refractivity contribution in [2.24, 2.45) is 4.99 Å². The largest absolute Gasteiger partial charge is 0.439 e. The molecule has 0 bridgehead atoms. The van der Waals surface area contributed by atoms with Crippen LogP contribution in [0.3, 0.4) is 0 Å². The summed E-state index contributed by atoms with van der Waals surface area (Å²) in [7, 11) is 0. The number of nitrogens with zero attached hydrogens (tertiary/aromatic N) is 3. The van der Waals surface area contributed by atoms with Crippen molar-refractivity contribution in [3.05, 3.63) is 78.5 Å². The van der Waals surface area contributed by atoms with Gasteiger partial charge in [0.1, 0.15) is 11.6 Å². The van der Waals surface area contributed by atoms with E-state index in [1.807, 2.05) is 43.6 Å². The van der Waals surface area contributed by atoms with Crippen molar-refractivity contribution < 1.29 is 9.13 Å². The average molecular weight is 509 g/mol. The summed E-state index contributed by atoms with van der Waals surface area (Å²) in [4.78, 5) is 8.88. The van der Waals surface area contributed by atoms with Gasteiger partial charge in [-0.05, 0) is 37.3 Å². The van der Waals surface area contributed by atoms with Gasteiger partial charge >= 0.3 is 0 Å². The van der Waals surface area contributed by atoms with Crippen LogP contribution in [-0.2, 0) is 13.1 Å². The highest BCUT2D eigenvalue weighted by Gasteiger charge is 2.07. The molecule has 2 aromatic heterocycles. The number of guanidine groups is 1. The second-order valence-corrected chi connectivity index (χ2v) is 6.07. The minimum Gasteiger partial charge on any atom is -0.439 e. The Hall–Kier alpha value is -2.62. The van der Waals surface area contributed by atoms with Crippen LogP contribution in [0, 0.1) is 5.82 Å². The summed E-state index contributed by atoms with van der Waals surface area (Å²) in [5.41, 5.74) is 0.814. The molecule has 29 heavy (non-hydrogen) atoms. The fourth-order valence-electron chi connectivity index (χ4n) is 2.61. The molecule has 154 valence electrons. The van der Waals surface area contributed by atoms with Crippen molar-refractivity contribution in [3.63, 3.8) is 0 Å². The molecule has 3 rings (SSSR count). The first-order chi connectivity index (χ1) is 13.7. The normalized spacial score (nSPS) is 10.9. The van der Waals surface area contributed by atoms with Gasteiger partial charge in [-0.25, -0.2) is 14.4 Å². The Morgan fingerprint density at radius 2 is 1.97 bits per heavy atom. The fourth-order valence-corrected chi connectivity index (χ4v) is 2.61. The number of aliphatic imine (C=N–C) groups is 1. The number of halogens is 2. The van der Waals surface area contributed by atoms with Gasteiger partial charge in [-0.15, -0.1) is 24.0 Å². The maximum atomic E-state index is 13.4. The van der Waals surface area contributed by atoms with Crippen molar-refractivity contribution in [2.45, 2.75) is 20.0 Å². The average Bonchev–Trinajstić information content (AvgIpc) is 3.21. The molecule has 0 fully saturated rings. The van der Waals surface area contributed by atoms with Gasteiger partial charge in [0.25, 0.3) is 0 Å². The Morgan fingerprint density at radius 3 is 2.72 bits per heavy atom. The summed E-state index contributed by atoms with van der Waals surface area (Å²) < 4.78 is 21.2. The fraction of sp³-hybridized carbons (Fsp3) is 0.238. The Labute approximate surface area is 187 Å². The van der Waals surface area contributed by atoms with Gasteiger partial charge in [0.05, 0.1) is 6.54 Å². The zero-order valence-corrected chi connectivity index (χ0v) is 18.5. The SMILES string of the molecule is CCNC(=NCc1cccnc1Oc1cccc(F)c1)NCCn1cccc1.I. The van der Waals surface area contributed by atoms with Crippen LogP contribution >= 0.6 is 24.0 Å². The van der Waals surface area contributed by atoms with Gasteiger partial charge in [0.2, 0.25) is 5.88 Å². The Balaban J connectivity index is 0.00000300. The third kappa shape index (κ3) is 7.37. The molecule has 2 N–H and O–H groups in total. The molecule has 1 aromatic carbocycles. The predicted molar refractivity (Wildman–Crippen MR) is 123 cm³/mol. The standard InChI is InChI=1S/C21H24FN5O.HI/c1-2-23-21(25-11-14-27-12-3-4-13-27)26-16-17-7-6-10-24-20(17)28-19-9-5-8-18(22)15-19;/h3-10,12-13,15H,2,11,14,16H2,1H3,(H2,23,25,26);1H. The lowest BCUT2D eigenvalue weighted by atomic mass is 10.2. The number of hydrogen-bond acceptors (Lipinski definition) is 3. The van der Waals surface area contributed by atoms with E-state index in [1.54, 1.807) is 18.3 Å². The number of nitrogens with one attached hydrogen (secondary N) is 2. The lowest BCUT2D eigenvalue weighted by Crippen LogP contribution is -2.38. The molecule has 0 saturated heterocycles. The van der Waals surface area contributed by atoms with Crippen LogP contribution in [0.2, 0.25) is 0 Å². The lowest BCUT2D eigenvalue weighted by Gasteiger charge is -2.13. The zero-order chi connectivity index (χ0) is 19.6. The van der Waals surface area contributed by atoms with Crippen LogP contribution < -0.4 is 15.4 Å². The highest BCUT2D eigenvalue weighted by Crippen LogP contribution is 2.23. The van der Waals surface area contributed by atoms with Crippen molar-refractivity contribution in [2.75, 3.05) is 13.1 Å². The topological polar surface area (TPSA) is 63.5 Å². The van der Waals surface area contributed by atoms with E-state index in [-0.39, 0.29) is 29.8 Å². The van der Waals surface area contributed by atoms with Crippen LogP contribution in [0.25, 0.3) is 0 Å². The van der Waals surface area contributed by atoms with Gasteiger partial charge in [0, 0.05) is 49.9 Å². The molecule has 2 heterocycles. The molecule has 0 aliphatic heterocycles. The number of pyridine rings is 1. The van der Waals surface area contributed by atoms with E-state index >= 15 is 0 Å². The van der Waals surface area contributed by atoms with Gasteiger partial charge < -0.3 is 19.9 Å². The van der Waals surface area contributed by atoms with E-state index in [2.05, 4.69) is 25.2 Å². The molecular weight excluding hydrogens is 484 g/mol. The summed E-state index contributed by atoms with van der Waals surface area (Å²) in [5.74, 6) is 1.19. The molecule has 0 unspecified atom stereocenters. The molecule has 3 aromatic rings. The summed E-state index contributed by atoms with van der Waals surface area (Å²) in [6, 6.07) is 13.7. The van der Waals surface area contributed by atoms with Crippen LogP contribution in [-0.4, -0.2) is 28.6 Å². The van der Waals surface area contributed by atoms with Gasteiger partial charge in [0.15, 0.2) is 5.96 Å². The van der Waals surface area contributed by atoms with E-state index < -0.39 is 0 Å². The second-order valence-electron chi connectivity index (χ2n) is 6.07. The number of ether oxygens (including phenoxy) is 1. The Kier molecular flexibility index (Phi) is 9.42. The third-order valence-electron chi connectivity index (χ3n) is 3.94. The molecular formula is C21H25FIN5O. The zero-order valence-electron chi connectivity index (χ0n) is 16.2. The summed E-state index contributed by atoms with van der Waals surface area (Å²) in [6.45, 7) is 4.76. The smallest absolute Gasteiger partial charge is 0.224 e. The van der Waals surface area contributed by atoms with Crippen molar-refractivity contribution in [1.29, 1.82) is 0 Å². The first-order valence-corrected chi connectivity index (χ1v) is 9.25. The van der Waals surface area contributed by atoms with E-state index in [0.29, 0.717) is 18.2 Å². The van der Waals surface area contributed by atoms with Crippen LogP contribution in [0.15, 0.2) is 72.1 Å². The van der Waals surface area contributed by atoms with Crippen molar-refractivity contribution in [1.82, 2.24) is 20.2 Å². The Bertz CT molecular complexity index is 902. The molecule has 8 heteroatoms. The van der Waals surface area contributed by atoms with E-state index in [1.165, 1.54) is 12.1 Å². The lowest BCUT2D eigenvalue weighted by molar-refractivity contribution is 0.452. The highest BCUT2D eigenvalue weighted by atomic mass is 127. The minimum absolute atomic E-state index is 0. The van der Waals surface area contributed by atoms with E-state index in [4.69, 9.17) is 4.74 Å². The molecule has 0 aliphatic carbocycles. The number of benzene rings is 1. The third-order valence-corrected chi connectivity index (χ3v) is 3.94. The monoisotopic (exact) mass is 509 g/mol. The number of rotatable bonds is 8. The minimum atomic E-state index is -0.352. The molecule has 0 radical (unpaired) electrons. The first-order valence-electron chi connectivity index (χ1n) is 9.25. The van der Waals surface area contributed by atoms with Crippen molar-refractivity contribution >= 4 is 29.9 Å². The quantitative estimate of drug-likeness (QED) is 0.272. The van der Waals surface area contributed by atoms with Crippen LogP contribution in [0.5, 0.6) is 11.6 Å². The van der Waals surface area contributed by atoms with Crippen LogP contribution in [0.4, 0.5) is 4.39 Å². The number of aromatic nitrogens is 2. The molecule has 0 aliphatic rings. The molecule has 0 amide bonds. The van der Waals surface area contributed by atoms with Gasteiger partial charge in [-0.2, -0.15) is 0 Å². The van der Waals surface area contributed by atoms with E-state index in [0.717, 1.165) is 31.2 Å². The summed E-state index contributed by atoms with van der Waals surface area (Å²) >= 11 is 0. The van der Waals surface area contributed by atoms with Gasteiger partial charge in [-0.3, -0.25) is 0 Å².